The summed E-state index contributed by atoms with van der Waals surface area (Å²) in [6.07, 6.45) is -1.18. The number of aliphatic hydroxyl groups excluding tert-OH is 1. The van der Waals surface area contributed by atoms with Gasteiger partial charge in [0.1, 0.15) is 6.10 Å². The second-order valence-electron chi connectivity index (χ2n) is 3.37. The van der Waals surface area contributed by atoms with Crippen molar-refractivity contribution in [1.29, 1.82) is 0 Å². The highest BCUT2D eigenvalue weighted by molar-refractivity contribution is 6.27. The van der Waals surface area contributed by atoms with Crippen molar-refractivity contribution < 1.29 is 14.8 Å². The van der Waals surface area contributed by atoms with Crippen molar-refractivity contribution in [3.05, 3.63) is 51.1 Å². The van der Waals surface area contributed by atoms with Gasteiger partial charge in [-0.05, 0) is 24.6 Å². The van der Waals surface area contributed by atoms with E-state index in [1.807, 2.05) is 0 Å². The zero-order chi connectivity index (χ0) is 13.0. The quantitative estimate of drug-likeness (QED) is 0.509. The molecule has 0 spiro atoms. The number of nitro benzene ring substituents is 1. The minimum atomic E-state index is -1.18. The van der Waals surface area contributed by atoms with Crippen LogP contribution in [0.4, 0.5) is 5.69 Å². The summed E-state index contributed by atoms with van der Waals surface area (Å²) in [6, 6.07) is 5.27. The molecule has 6 heteroatoms. The first-order valence-electron chi connectivity index (χ1n) is 4.71. The Balaban J connectivity index is 3.01. The summed E-state index contributed by atoms with van der Waals surface area (Å²) >= 11 is 5.44. The molecule has 0 aliphatic heterocycles. The van der Waals surface area contributed by atoms with Gasteiger partial charge in [-0.2, -0.15) is 0 Å². The van der Waals surface area contributed by atoms with Crippen molar-refractivity contribution in [3.63, 3.8) is 0 Å². The Morgan fingerprint density at radius 2 is 2.00 bits per heavy atom. The molecule has 1 aromatic rings. The van der Waals surface area contributed by atoms with Crippen molar-refractivity contribution in [3.8, 4) is 0 Å². The van der Waals surface area contributed by atoms with Gasteiger partial charge in [0.05, 0.1) is 4.92 Å². The van der Waals surface area contributed by atoms with E-state index in [1.165, 1.54) is 31.2 Å². The fourth-order valence-corrected chi connectivity index (χ4v) is 1.56. The number of halogens is 1. The van der Waals surface area contributed by atoms with Gasteiger partial charge in [-0.25, -0.2) is 0 Å². The van der Waals surface area contributed by atoms with E-state index < -0.39 is 11.0 Å². The minimum absolute atomic E-state index is 0.0421. The third-order valence-electron chi connectivity index (χ3n) is 2.24. The van der Waals surface area contributed by atoms with Gasteiger partial charge in [-0.15, -0.1) is 0 Å². The van der Waals surface area contributed by atoms with Crippen molar-refractivity contribution in [1.82, 2.24) is 0 Å². The SMILES string of the molecule is CC(=O)/C(=C/Cl)C(O)c1ccc([N+](=O)[O-])cc1. The molecule has 0 saturated heterocycles. The topological polar surface area (TPSA) is 80.4 Å². The molecule has 1 atom stereocenters. The Hall–Kier alpha value is -1.72. The minimum Gasteiger partial charge on any atom is -0.383 e. The summed E-state index contributed by atoms with van der Waals surface area (Å²) in [4.78, 5) is 21.0. The van der Waals surface area contributed by atoms with E-state index in [0.717, 1.165) is 5.54 Å². The second kappa shape index (κ2) is 5.56. The average molecular weight is 256 g/mol. The number of nitro groups is 1. The first kappa shape index (κ1) is 13.3. The van der Waals surface area contributed by atoms with Crippen molar-refractivity contribution in [2.75, 3.05) is 0 Å². The van der Waals surface area contributed by atoms with Crippen LogP contribution < -0.4 is 0 Å². The molecule has 1 rings (SSSR count). The van der Waals surface area contributed by atoms with E-state index in [-0.39, 0.29) is 17.0 Å². The highest BCUT2D eigenvalue weighted by Crippen LogP contribution is 2.24. The summed E-state index contributed by atoms with van der Waals surface area (Å²) in [5.74, 6) is -0.356. The molecule has 0 aliphatic carbocycles. The largest absolute Gasteiger partial charge is 0.383 e. The lowest BCUT2D eigenvalue weighted by atomic mass is 10.0. The summed E-state index contributed by atoms with van der Waals surface area (Å²) < 4.78 is 0. The first-order valence-corrected chi connectivity index (χ1v) is 5.14. The van der Waals surface area contributed by atoms with Gasteiger partial charge in [0.15, 0.2) is 5.78 Å². The fourth-order valence-electron chi connectivity index (χ4n) is 1.29. The van der Waals surface area contributed by atoms with Crippen LogP contribution in [0.5, 0.6) is 0 Å². The first-order chi connectivity index (χ1) is 7.97. The maximum Gasteiger partial charge on any atom is 0.269 e. The molecule has 0 aliphatic rings. The van der Waals surface area contributed by atoms with Gasteiger partial charge in [-0.1, -0.05) is 11.6 Å². The van der Waals surface area contributed by atoms with Crippen LogP contribution in [0.15, 0.2) is 35.4 Å². The van der Waals surface area contributed by atoms with Gasteiger partial charge in [0, 0.05) is 23.2 Å². The number of ketones is 1. The highest BCUT2D eigenvalue weighted by atomic mass is 35.5. The van der Waals surface area contributed by atoms with Gasteiger partial charge in [0.25, 0.3) is 5.69 Å². The molecule has 0 amide bonds. The molecular weight excluding hydrogens is 246 g/mol. The maximum atomic E-state index is 11.1. The molecule has 1 N–H and O–H groups in total. The van der Waals surface area contributed by atoms with Gasteiger partial charge in [-0.3, -0.25) is 14.9 Å². The van der Waals surface area contributed by atoms with Crippen LogP contribution in [0.1, 0.15) is 18.6 Å². The molecule has 90 valence electrons. The van der Waals surface area contributed by atoms with Gasteiger partial charge < -0.3 is 5.11 Å². The van der Waals surface area contributed by atoms with Crippen molar-refractivity contribution >= 4 is 23.1 Å². The lowest BCUT2D eigenvalue weighted by Crippen LogP contribution is -2.08. The number of hydrogen-bond donors (Lipinski definition) is 1. The Bertz CT molecular complexity index is 467. The number of nitrogens with zero attached hydrogens (tertiary/aromatic N) is 1. The van der Waals surface area contributed by atoms with Crippen LogP contribution in [0, 0.1) is 10.1 Å². The monoisotopic (exact) mass is 255 g/mol. The predicted octanol–water partition coefficient (Wildman–Crippen LogP) is 2.34. The Morgan fingerprint density at radius 1 is 1.47 bits per heavy atom. The number of carbonyl (C=O) groups is 1. The van der Waals surface area contributed by atoms with Crippen molar-refractivity contribution in [2.45, 2.75) is 13.0 Å². The molecule has 5 nitrogen and oxygen atoms in total. The van der Waals surface area contributed by atoms with E-state index >= 15 is 0 Å². The molecule has 0 bridgehead atoms. The normalized spacial score (nSPS) is 13.2. The van der Waals surface area contributed by atoms with E-state index in [9.17, 15) is 20.0 Å². The summed E-state index contributed by atoms with van der Waals surface area (Å²) in [6.45, 7) is 1.28. The number of non-ortho nitro benzene ring substituents is 1. The molecule has 0 radical (unpaired) electrons. The molecule has 0 aromatic heterocycles. The number of hydrogen-bond acceptors (Lipinski definition) is 4. The molecule has 0 fully saturated rings. The van der Waals surface area contributed by atoms with Crippen LogP contribution in [-0.2, 0) is 4.79 Å². The van der Waals surface area contributed by atoms with Crippen molar-refractivity contribution in [2.24, 2.45) is 0 Å². The van der Waals surface area contributed by atoms with E-state index in [4.69, 9.17) is 11.6 Å². The second-order valence-corrected chi connectivity index (χ2v) is 3.59. The van der Waals surface area contributed by atoms with Crippen LogP contribution in [-0.4, -0.2) is 15.8 Å². The Labute approximate surface area is 102 Å². The number of benzene rings is 1. The summed E-state index contributed by atoms with van der Waals surface area (Å²) in [5.41, 5.74) is 1.34. The average Bonchev–Trinajstić information content (AvgIpc) is 2.29. The van der Waals surface area contributed by atoms with Crippen LogP contribution in [0.2, 0.25) is 0 Å². The van der Waals surface area contributed by atoms with Gasteiger partial charge >= 0.3 is 0 Å². The van der Waals surface area contributed by atoms with Gasteiger partial charge in [0.2, 0.25) is 0 Å². The fraction of sp³-hybridized carbons (Fsp3) is 0.182. The zero-order valence-corrected chi connectivity index (χ0v) is 9.72. The van der Waals surface area contributed by atoms with Crippen LogP contribution >= 0.6 is 11.6 Å². The Morgan fingerprint density at radius 3 is 2.35 bits per heavy atom. The lowest BCUT2D eigenvalue weighted by molar-refractivity contribution is -0.384. The van der Waals surface area contributed by atoms with Crippen LogP contribution in [0.3, 0.4) is 0 Å². The smallest absolute Gasteiger partial charge is 0.269 e. The molecule has 0 heterocycles. The number of carbonyl (C=O) groups excluding carboxylic acids is 1. The molecule has 0 saturated carbocycles. The standard InChI is InChI=1S/C11H10ClNO4/c1-7(14)10(6-12)11(15)8-2-4-9(5-3-8)13(16)17/h2-6,11,15H,1H3/b10-6-. The van der Waals surface area contributed by atoms with Crippen LogP contribution in [0.25, 0.3) is 0 Å². The van der Waals surface area contributed by atoms with E-state index in [2.05, 4.69) is 0 Å². The molecule has 17 heavy (non-hydrogen) atoms. The molecule has 1 aromatic carbocycles. The molecule has 1 unspecified atom stereocenters. The van der Waals surface area contributed by atoms with E-state index in [1.54, 1.807) is 0 Å². The Kier molecular flexibility index (Phi) is 4.37. The lowest BCUT2D eigenvalue weighted by Gasteiger charge is -2.11. The third kappa shape index (κ3) is 3.12. The maximum absolute atomic E-state index is 11.1. The number of Topliss-reactive ketones (excluding diaryl/α,β-unsaturated/α-hetero) is 1. The summed E-state index contributed by atoms with van der Waals surface area (Å²) in [7, 11) is 0. The summed E-state index contributed by atoms with van der Waals surface area (Å²) in [5, 5.41) is 20.3. The van der Waals surface area contributed by atoms with E-state index in [0.29, 0.717) is 5.56 Å². The molecular formula is C11H10ClNO4. The third-order valence-corrected chi connectivity index (χ3v) is 2.47. The number of rotatable bonds is 4. The predicted molar refractivity (Wildman–Crippen MR) is 62.7 cm³/mol. The number of aliphatic hydroxyl groups is 1. The highest BCUT2D eigenvalue weighted by Gasteiger charge is 2.17. The zero-order valence-electron chi connectivity index (χ0n) is 8.96.